The van der Waals surface area contributed by atoms with Gasteiger partial charge in [-0.1, -0.05) is 26.0 Å². The van der Waals surface area contributed by atoms with Crippen LogP contribution in [-0.2, 0) is 6.42 Å². The molecule has 0 spiro atoms. The van der Waals surface area contributed by atoms with Crippen molar-refractivity contribution in [3.8, 4) is 0 Å². The highest BCUT2D eigenvalue weighted by molar-refractivity contribution is 5.98. The van der Waals surface area contributed by atoms with Gasteiger partial charge in [-0.2, -0.15) is 0 Å². The SMILES string of the molecule is Cc1ccc(C(C)C)c2c1C(=O)N(C)CC2. The van der Waals surface area contributed by atoms with Crippen molar-refractivity contribution in [2.45, 2.75) is 33.1 Å². The van der Waals surface area contributed by atoms with Gasteiger partial charge in [-0.3, -0.25) is 4.79 Å². The fourth-order valence-electron chi connectivity index (χ4n) is 2.46. The Labute approximate surface area is 97.3 Å². The molecule has 1 heterocycles. The number of hydrogen-bond acceptors (Lipinski definition) is 1. The lowest BCUT2D eigenvalue weighted by atomic mass is 9.86. The van der Waals surface area contributed by atoms with Gasteiger partial charge in [-0.25, -0.2) is 0 Å². The summed E-state index contributed by atoms with van der Waals surface area (Å²) in [5.74, 6) is 0.673. The number of hydrogen-bond donors (Lipinski definition) is 0. The van der Waals surface area contributed by atoms with Crippen LogP contribution in [0.15, 0.2) is 12.1 Å². The highest BCUT2D eigenvalue weighted by Gasteiger charge is 2.25. The van der Waals surface area contributed by atoms with Gasteiger partial charge in [0, 0.05) is 19.2 Å². The molecular weight excluding hydrogens is 198 g/mol. The Morgan fingerprint density at radius 2 is 2.00 bits per heavy atom. The van der Waals surface area contributed by atoms with Gasteiger partial charge in [0.1, 0.15) is 0 Å². The molecule has 1 aromatic rings. The molecule has 1 amide bonds. The quantitative estimate of drug-likeness (QED) is 0.708. The lowest BCUT2D eigenvalue weighted by molar-refractivity contribution is 0.0779. The van der Waals surface area contributed by atoms with E-state index in [0.717, 1.165) is 24.1 Å². The minimum absolute atomic E-state index is 0.182. The number of rotatable bonds is 1. The molecule has 0 radical (unpaired) electrons. The summed E-state index contributed by atoms with van der Waals surface area (Å²) in [5, 5.41) is 0. The van der Waals surface area contributed by atoms with E-state index in [2.05, 4.69) is 26.0 Å². The van der Waals surface area contributed by atoms with E-state index in [1.165, 1.54) is 11.1 Å². The van der Waals surface area contributed by atoms with Crippen LogP contribution >= 0.6 is 0 Å². The molecule has 0 atom stereocenters. The first-order valence-corrected chi connectivity index (χ1v) is 5.90. The van der Waals surface area contributed by atoms with E-state index < -0.39 is 0 Å². The third-order valence-electron chi connectivity index (χ3n) is 3.44. The third kappa shape index (κ3) is 1.62. The van der Waals surface area contributed by atoms with Gasteiger partial charge in [0.05, 0.1) is 0 Å². The topological polar surface area (TPSA) is 20.3 Å². The predicted molar refractivity (Wildman–Crippen MR) is 65.9 cm³/mol. The molecule has 86 valence electrons. The first-order chi connectivity index (χ1) is 7.52. The number of likely N-dealkylation sites (N-methyl/N-ethyl adjacent to an activating group) is 1. The Balaban J connectivity index is 2.63. The van der Waals surface area contributed by atoms with Crippen molar-refractivity contribution in [3.05, 3.63) is 34.4 Å². The molecule has 0 aromatic heterocycles. The van der Waals surface area contributed by atoms with Gasteiger partial charge in [-0.15, -0.1) is 0 Å². The molecule has 0 N–H and O–H groups in total. The minimum Gasteiger partial charge on any atom is -0.341 e. The van der Waals surface area contributed by atoms with E-state index in [4.69, 9.17) is 0 Å². The first kappa shape index (κ1) is 11.2. The van der Waals surface area contributed by atoms with Crippen LogP contribution in [-0.4, -0.2) is 24.4 Å². The van der Waals surface area contributed by atoms with Gasteiger partial charge < -0.3 is 4.90 Å². The molecule has 1 aliphatic rings. The van der Waals surface area contributed by atoms with Gasteiger partial charge in [-0.05, 0) is 36.0 Å². The summed E-state index contributed by atoms with van der Waals surface area (Å²) in [5.41, 5.74) is 4.66. The maximum atomic E-state index is 12.1. The Morgan fingerprint density at radius 3 is 2.62 bits per heavy atom. The molecule has 0 fully saturated rings. The van der Waals surface area contributed by atoms with E-state index in [-0.39, 0.29) is 5.91 Å². The number of amides is 1. The van der Waals surface area contributed by atoms with Crippen molar-refractivity contribution in [1.82, 2.24) is 4.90 Å². The summed E-state index contributed by atoms with van der Waals surface area (Å²) in [7, 11) is 1.88. The molecule has 1 aromatic carbocycles. The second kappa shape index (κ2) is 3.93. The third-order valence-corrected chi connectivity index (χ3v) is 3.44. The fraction of sp³-hybridized carbons (Fsp3) is 0.500. The molecule has 0 unspecified atom stereocenters. The summed E-state index contributed by atoms with van der Waals surface area (Å²) in [6.07, 6.45) is 0.993. The van der Waals surface area contributed by atoms with Gasteiger partial charge in [0.2, 0.25) is 0 Å². The maximum absolute atomic E-state index is 12.1. The zero-order valence-electron chi connectivity index (χ0n) is 10.5. The number of aryl methyl sites for hydroxylation is 1. The number of carbonyl (C=O) groups excluding carboxylic acids is 1. The summed E-state index contributed by atoms with van der Waals surface area (Å²) in [6, 6.07) is 4.25. The average Bonchev–Trinajstić information content (AvgIpc) is 2.23. The number of carbonyl (C=O) groups is 1. The van der Waals surface area contributed by atoms with Crippen molar-refractivity contribution < 1.29 is 4.79 Å². The average molecular weight is 217 g/mol. The van der Waals surface area contributed by atoms with Crippen molar-refractivity contribution in [1.29, 1.82) is 0 Å². The van der Waals surface area contributed by atoms with Crippen molar-refractivity contribution in [2.24, 2.45) is 0 Å². The molecule has 0 saturated carbocycles. The lowest BCUT2D eigenvalue weighted by Crippen LogP contribution is -2.35. The maximum Gasteiger partial charge on any atom is 0.254 e. The smallest absolute Gasteiger partial charge is 0.254 e. The van der Waals surface area contributed by atoms with E-state index in [1.54, 1.807) is 0 Å². The predicted octanol–water partition coefficient (Wildman–Crippen LogP) is 2.75. The van der Waals surface area contributed by atoms with Crippen LogP contribution in [0.1, 0.15) is 46.8 Å². The Morgan fingerprint density at radius 1 is 1.31 bits per heavy atom. The Hall–Kier alpha value is -1.31. The molecule has 2 nitrogen and oxygen atoms in total. The van der Waals surface area contributed by atoms with Crippen molar-refractivity contribution in [3.63, 3.8) is 0 Å². The molecule has 0 bridgehead atoms. The number of nitrogens with zero attached hydrogens (tertiary/aromatic N) is 1. The lowest BCUT2D eigenvalue weighted by Gasteiger charge is -2.28. The number of benzene rings is 1. The zero-order valence-corrected chi connectivity index (χ0v) is 10.5. The van der Waals surface area contributed by atoms with Crippen molar-refractivity contribution in [2.75, 3.05) is 13.6 Å². The molecule has 2 heteroatoms. The highest BCUT2D eigenvalue weighted by Crippen LogP contribution is 2.29. The Bertz CT molecular complexity index is 435. The van der Waals surface area contributed by atoms with Crippen LogP contribution in [0.25, 0.3) is 0 Å². The molecule has 16 heavy (non-hydrogen) atoms. The molecule has 2 rings (SSSR count). The summed E-state index contributed by atoms with van der Waals surface area (Å²) in [6.45, 7) is 7.25. The van der Waals surface area contributed by atoms with E-state index >= 15 is 0 Å². The second-order valence-corrected chi connectivity index (χ2v) is 4.96. The van der Waals surface area contributed by atoms with E-state index in [9.17, 15) is 4.79 Å². The van der Waals surface area contributed by atoms with E-state index in [1.807, 2.05) is 18.9 Å². The monoisotopic (exact) mass is 217 g/mol. The summed E-state index contributed by atoms with van der Waals surface area (Å²) in [4.78, 5) is 14.0. The molecular formula is C14H19NO. The van der Waals surface area contributed by atoms with Crippen LogP contribution in [0.2, 0.25) is 0 Å². The molecule has 0 saturated heterocycles. The van der Waals surface area contributed by atoms with Crippen LogP contribution in [0.3, 0.4) is 0 Å². The number of fused-ring (bicyclic) bond motifs is 1. The first-order valence-electron chi connectivity index (χ1n) is 5.90. The Kier molecular flexibility index (Phi) is 2.75. The summed E-state index contributed by atoms with van der Waals surface area (Å²) < 4.78 is 0. The van der Waals surface area contributed by atoms with Gasteiger partial charge in [0.25, 0.3) is 5.91 Å². The second-order valence-electron chi connectivity index (χ2n) is 4.96. The summed E-state index contributed by atoms with van der Waals surface area (Å²) >= 11 is 0. The molecule has 1 aliphatic heterocycles. The largest absolute Gasteiger partial charge is 0.341 e. The van der Waals surface area contributed by atoms with Gasteiger partial charge >= 0.3 is 0 Å². The van der Waals surface area contributed by atoms with Crippen LogP contribution in [0.5, 0.6) is 0 Å². The molecule has 0 aliphatic carbocycles. The standard InChI is InChI=1S/C14H19NO/c1-9(2)11-6-5-10(3)13-12(11)7-8-15(4)14(13)16/h5-6,9H,7-8H2,1-4H3. The fourth-order valence-corrected chi connectivity index (χ4v) is 2.46. The zero-order chi connectivity index (χ0) is 11.9. The van der Waals surface area contributed by atoms with Crippen molar-refractivity contribution >= 4 is 5.91 Å². The van der Waals surface area contributed by atoms with Crippen LogP contribution in [0.4, 0.5) is 0 Å². The van der Waals surface area contributed by atoms with E-state index in [0.29, 0.717) is 5.92 Å². The normalized spacial score (nSPS) is 15.6. The minimum atomic E-state index is 0.182. The van der Waals surface area contributed by atoms with Gasteiger partial charge in [0.15, 0.2) is 0 Å². The van der Waals surface area contributed by atoms with Crippen LogP contribution < -0.4 is 0 Å². The highest BCUT2D eigenvalue weighted by atomic mass is 16.2. The van der Waals surface area contributed by atoms with Crippen LogP contribution in [0, 0.1) is 6.92 Å².